The van der Waals surface area contributed by atoms with Crippen molar-refractivity contribution in [2.24, 2.45) is 0 Å². The number of ether oxygens (including phenoxy) is 3. The second kappa shape index (κ2) is 8.97. The Morgan fingerprint density at radius 1 is 1.19 bits per heavy atom. The minimum absolute atomic E-state index is 0.0633. The van der Waals surface area contributed by atoms with Crippen molar-refractivity contribution in [3.05, 3.63) is 24.3 Å². The van der Waals surface area contributed by atoms with E-state index in [9.17, 15) is 13.6 Å². The number of esters is 1. The molecule has 1 aromatic rings. The van der Waals surface area contributed by atoms with Crippen molar-refractivity contribution < 1.29 is 27.8 Å². The molecule has 118 valence electrons. The van der Waals surface area contributed by atoms with Crippen LogP contribution in [-0.2, 0) is 14.3 Å². The molecule has 0 saturated heterocycles. The molecule has 7 heteroatoms. The van der Waals surface area contributed by atoms with E-state index in [1.807, 2.05) is 0 Å². The molecule has 0 fully saturated rings. The molecule has 0 aliphatic heterocycles. The van der Waals surface area contributed by atoms with Crippen molar-refractivity contribution in [2.75, 3.05) is 20.3 Å². The maximum absolute atomic E-state index is 13.6. The molecule has 0 radical (unpaired) electrons. The van der Waals surface area contributed by atoms with Gasteiger partial charge in [0.25, 0.3) is 0 Å². The average Bonchev–Trinajstić information content (AvgIpc) is 2.43. The van der Waals surface area contributed by atoms with Gasteiger partial charge in [0.05, 0.1) is 0 Å². The van der Waals surface area contributed by atoms with Gasteiger partial charge in [-0.3, -0.25) is 0 Å². The van der Waals surface area contributed by atoms with Gasteiger partial charge in [-0.05, 0) is 0 Å². The number of alkyl halides is 2. The van der Waals surface area contributed by atoms with Gasteiger partial charge in [-0.25, -0.2) is 0 Å². The van der Waals surface area contributed by atoms with Crippen molar-refractivity contribution in [3.63, 3.8) is 0 Å². The van der Waals surface area contributed by atoms with Crippen molar-refractivity contribution in [3.8, 4) is 5.75 Å². The number of hydrogen-bond acceptors (Lipinski definition) is 4. The van der Waals surface area contributed by atoms with Crippen molar-refractivity contribution in [2.45, 2.75) is 24.8 Å². The predicted octanol–water partition coefficient (Wildman–Crippen LogP) is 1.93. The number of rotatable bonds is 9. The third-order valence-electron chi connectivity index (χ3n) is 2.41. The summed E-state index contributed by atoms with van der Waals surface area (Å²) in [6.07, 6.45) is 0.923. The molecule has 4 nitrogen and oxygen atoms in total. The van der Waals surface area contributed by atoms with E-state index in [4.69, 9.17) is 9.47 Å². The van der Waals surface area contributed by atoms with Crippen molar-refractivity contribution >= 4 is 25.4 Å². The summed E-state index contributed by atoms with van der Waals surface area (Å²) in [7, 11) is 1.52. The Hall–Kier alpha value is -1.17. The van der Waals surface area contributed by atoms with Crippen LogP contribution in [0.5, 0.6) is 5.75 Å². The van der Waals surface area contributed by atoms with Gasteiger partial charge in [0.2, 0.25) is 0 Å². The van der Waals surface area contributed by atoms with Gasteiger partial charge < -0.3 is 0 Å². The number of benzene rings is 1. The SMILES string of the molecule is COc1ccc([Se]C(F)(F)OCCCCOC(C)=O)cc1. The number of unbranched alkanes of at least 4 members (excludes halogenated alkanes) is 1. The fraction of sp³-hybridized carbons (Fsp3) is 0.500. The van der Waals surface area contributed by atoms with Gasteiger partial charge in [-0.1, -0.05) is 0 Å². The normalized spacial score (nSPS) is 11.2. The van der Waals surface area contributed by atoms with Gasteiger partial charge in [-0.15, -0.1) is 0 Å². The summed E-state index contributed by atoms with van der Waals surface area (Å²) in [6, 6.07) is 6.51. The molecule has 0 aromatic heterocycles. The first-order chi connectivity index (χ1) is 9.93. The molecule has 1 aromatic carbocycles. The van der Waals surface area contributed by atoms with E-state index in [1.165, 1.54) is 14.0 Å². The van der Waals surface area contributed by atoms with E-state index < -0.39 is 20.0 Å². The van der Waals surface area contributed by atoms with Crippen LogP contribution in [0, 0.1) is 0 Å². The molecule has 0 unspecified atom stereocenters. The Morgan fingerprint density at radius 2 is 1.81 bits per heavy atom. The van der Waals surface area contributed by atoms with Crippen LogP contribution in [0.1, 0.15) is 19.8 Å². The summed E-state index contributed by atoms with van der Waals surface area (Å²) in [6.45, 7) is 1.47. The molecule has 0 heterocycles. The number of halogens is 2. The topological polar surface area (TPSA) is 44.8 Å². The molecule has 0 aliphatic carbocycles. The van der Waals surface area contributed by atoms with E-state index in [-0.39, 0.29) is 19.2 Å². The van der Waals surface area contributed by atoms with Crippen LogP contribution < -0.4 is 9.20 Å². The zero-order valence-corrected chi connectivity index (χ0v) is 13.6. The van der Waals surface area contributed by atoms with Crippen LogP contribution in [0.3, 0.4) is 0 Å². The molecule has 0 saturated carbocycles. The molecule has 21 heavy (non-hydrogen) atoms. The van der Waals surface area contributed by atoms with Gasteiger partial charge in [-0.2, -0.15) is 0 Å². The molecular formula is C14H18F2O4Se. The molecule has 1 rings (SSSR count). The van der Waals surface area contributed by atoms with Crippen LogP contribution >= 0.6 is 0 Å². The number of carbonyl (C=O) groups is 1. The zero-order chi connectivity index (χ0) is 15.7. The van der Waals surface area contributed by atoms with E-state index in [2.05, 4.69) is 4.74 Å². The fourth-order valence-corrected chi connectivity index (χ4v) is 2.87. The molecule has 0 atom stereocenters. The van der Waals surface area contributed by atoms with Crippen LogP contribution in [0.15, 0.2) is 24.3 Å². The van der Waals surface area contributed by atoms with Crippen LogP contribution in [0.4, 0.5) is 8.78 Å². The van der Waals surface area contributed by atoms with E-state index in [0.717, 1.165) is 0 Å². The Bertz CT molecular complexity index is 437. The molecule has 0 spiro atoms. The fourth-order valence-electron chi connectivity index (χ4n) is 1.42. The minimum atomic E-state index is -3.15. The Balaban J connectivity index is 2.27. The van der Waals surface area contributed by atoms with Gasteiger partial charge in [0.1, 0.15) is 0 Å². The Morgan fingerprint density at radius 3 is 2.38 bits per heavy atom. The third-order valence-corrected chi connectivity index (χ3v) is 4.22. The van der Waals surface area contributed by atoms with E-state index in [1.54, 1.807) is 24.3 Å². The Kier molecular flexibility index (Phi) is 7.64. The standard InChI is InChI=1S/C14H18F2O4Se/c1-11(17)19-9-3-4-10-20-14(15,16)21-13-7-5-12(18-2)6-8-13/h5-8H,3-4,9-10H2,1-2H3. The molecule has 0 amide bonds. The number of methoxy groups -OCH3 is 1. The van der Waals surface area contributed by atoms with Crippen LogP contribution in [0.2, 0.25) is 0 Å². The van der Waals surface area contributed by atoms with Crippen molar-refractivity contribution in [1.29, 1.82) is 0 Å². The Labute approximate surface area is 128 Å². The molecular weight excluding hydrogens is 349 g/mol. The van der Waals surface area contributed by atoms with E-state index >= 15 is 0 Å². The predicted molar refractivity (Wildman–Crippen MR) is 75.1 cm³/mol. The summed E-state index contributed by atoms with van der Waals surface area (Å²) in [5, 5.41) is -3.15. The first-order valence-electron chi connectivity index (χ1n) is 6.41. The van der Waals surface area contributed by atoms with Gasteiger partial charge >= 0.3 is 128 Å². The van der Waals surface area contributed by atoms with Crippen LogP contribution in [0.25, 0.3) is 0 Å². The quantitative estimate of drug-likeness (QED) is 0.380. The summed E-state index contributed by atoms with van der Waals surface area (Å²) < 4.78 is 42.1. The number of hydrogen-bond donors (Lipinski definition) is 0. The summed E-state index contributed by atoms with van der Waals surface area (Å²) in [4.78, 5) is 10.5. The third kappa shape index (κ3) is 7.99. The first kappa shape index (κ1) is 17.9. The maximum atomic E-state index is 13.6. The second-order valence-corrected chi connectivity index (χ2v) is 6.55. The summed E-state index contributed by atoms with van der Waals surface area (Å²) in [5.41, 5.74) is 0. The summed E-state index contributed by atoms with van der Waals surface area (Å²) >= 11 is -1.10. The monoisotopic (exact) mass is 368 g/mol. The van der Waals surface area contributed by atoms with Gasteiger partial charge in [0, 0.05) is 0 Å². The second-order valence-electron chi connectivity index (χ2n) is 4.14. The van der Waals surface area contributed by atoms with Crippen molar-refractivity contribution in [1.82, 2.24) is 0 Å². The molecule has 0 aliphatic rings. The zero-order valence-electron chi connectivity index (χ0n) is 11.9. The number of carbonyl (C=O) groups excluding carboxylic acids is 1. The first-order valence-corrected chi connectivity index (χ1v) is 8.12. The molecule has 0 N–H and O–H groups in total. The van der Waals surface area contributed by atoms with E-state index in [0.29, 0.717) is 23.1 Å². The van der Waals surface area contributed by atoms with Gasteiger partial charge in [0.15, 0.2) is 0 Å². The summed E-state index contributed by atoms with van der Waals surface area (Å²) in [5.74, 6) is 0.258. The average molecular weight is 367 g/mol. The van der Waals surface area contributed by atoms with Crippen LogP contribution in [-0.4, -0.2) is 46.3 Å². The molecule has 0 bridgehead atoms.